The van der Waals surface area contributed by atoms with Gasteiger partial charge >= 0.3 is 0 Å². The maximum atomic E-state index is 12.2. The number of ether oxygens (including phenoxy) is 1. The highest BCUT2D eigenvalue weighted by Gasteiger charge is 2.11. The fourth-order valence-electron chi connectivity index (χ4n) is 2.53. The van der Waals surface area contributed by atoms with Gasteiger partial charge in [0.25, 0.3) is 0 Å². The van der Waals surface area contributed by atoms with Crippen LogP contribution in [-0.4, -0.2) is 18.0 Å². The van der Waals surface area contributed by atoms with Gasteiger partial charge < -0.3 is 4.74 Å². The highest BCUT2D eigenvalue weighted by atomic mass is 79.9. The van der Waals surface area contributed by atoms with E-state index in [1.807, 2.05) is 37.3 Å². The molecular formula is C21H19BrN2O2S. The number of hydrogen-bond donors (Lipinski definition) is 1. The van der Waals surface area contributed by atoms with Gasteiger partial charge in [0.05, 0.1) is 17.3 Å². The number of halogens is 1. The van der Waals surface area contributed by atoms with Crippen LogP contribution in [0.3, 0.4) is 0 Å². The first kappa shape index (κ1) is 19.3. The lowest BCUT2D eigenvalue weighted by atomic mass is 10.1. The number of hydrogen-bond acceptors (Lipinski definition) is 4. The Balaban J connectivity index is 1.70. The average molecular weight is 443 g/mol. The van der Waals surface area contributed by atoms with Crippen LogP contribution in [0.2, 0.25) is 0 Å². The fourth-order valence-corrected chi connectivity index (χ4v) is 3.93. The van der Waals surface area contributed by atoms with Crippen LogP contribution in [-0.2, 0) is 4.79 Å². The Bertz CT molecular complexity index is 994. The zero-order chi connectivity index (χ0) is 19.4. The molecule has 27 heavy (non-hydrogen) atoms. The molecule has 0 unspecified atom stereocenters. The van der Waals surface area contributed by atoms with Gasteiger partial charge in [-0.2, -0.15) is 0 Å². The van der Waals surface area contributed by atoms with E-state index in [0.29, 0.717) is 5.13 Å². The number of nitrogens with one attached hydrogen (secondary N) is 1. The van der Waals surface area contributed by atoms with Gasteiger partial charge in [-0.05, 0) is 53.5 Å². The minimum absolute atomic E-state index is 0.217. The summed E-state index contributed by atoms with van der Waals surface area (Å²) in [5, 5.41) is 3.43. The number of thiazole rings is 1. The molecular weight excluding hydrogens is 424 g/mol. The summed E-state index contributed by atoms with van der Waals surface area (Å²) in [7, 11) is 1.62. The van der Waals surface area contributed by atoms with Crippen LogP contribution in [0, 0.1) is 13.8 Å². The topological polar surface area (TPSA) is 51.2 Å². The van der Waals surface area contributed by atoms with Crippen LogP contribution >= 0.6 is 27.3 Å². The summed E-state index contributed by atoms with van der Waals surface area (Å²) in [4.78, 5) is 17.9. The maximum absolute atomic E-state index is 12.2. The minimum atomic E-state index is -0.217. The van der Waals surface area contributed by atoms with E-state index < -0.39 is 0 Å². The van der Waals surface area contributed by atoms with Gasteiger partial charge in [-0.1, -0.05) is 35.9 Å². The normalized spacial score (nSPS) is 11.0. The molecule has 1 aromatic heterocycles. The van der Waals surface area contributed by atoms with E-state index in [4.69, 9.17) is 4.74 Å². The first-order valence-electron chi connectivity index (χ1n) is 8.33. The number of anilines is 1. The van der Waals surface area contributed by atoms with Crippen LogP contribution in [0.4, 0.5) is 5.13 Å². The number of methoxy groups -OCH3 is 1. The van der Waals surface area contributed by atoms with Gasteiger partial charge in [0.1, 0.15) is 5.75 Å². The zero-order valence-corrected chi connectivity index (χ0v) is 17.6. The quantitative estimate of drug-likeness (QED) is 0.504. The van der Waals surface area contributed by atoms with E-state index in [0.717, 1.165) is 31.9 Å². The third-order valence-corrected chi connectivity index (χ3v) is 5.46. The monoisotopic (exact) mass is 442 g/mol. The summed E-state index contributed by atoms with van der Waals surface area (Å²) in [6.45, 7) is 4.06. The molecule has 0 fully saturated rings. The second-order valence-electron chi connectivity index (χ2n) is 6.01. The molecule has 0 radical (unpaired) electrons. The number of aryl methyl sites for hydroxylation is 2. The average Bonchev–Trinajstić information content (AvgIpc) is 3.01. The number of carbonyl (C=O) groups is 1. The second kappa shape index (κ2) is 8.50. The fraction of sp³-hybridized carbons (Fsp3) is 0.143. The lowest BCUT2D eigenvalue weighted by Gasteiger charge is -2.03. The van der Waals surface area contributed by atoms with Crippen LogP contribution < -0.4 is 10.1 Å². The van der Waals surface area contributed by atoms with E-state index >= 15 is 0 Å². The molecule has 1 amide bonds. The van der Waals surface area contributed by atoms with Crippen LogP contribution in [0.1, 0.15) is 16.0 Å². The zero-order valence-electron chi connectivity index (χ0n) is 15.2. The van der Waals surface area contributed by atoms with Gasteiger partial charge in [0.15, 0.2) is 5.13 Å². The Morgan fingerprint density at radius 1 is 1.19 bits per heavy atom. The second-order valence-corrected chi connectivity index (χ2v) is 8.06. The molecule has 0 atom stereocenters. The molecule has 4 nitrogen and oxygen atoms in total. The summed E-state index contributed by atoms with van der Waals surface area (Å²) in [6.07, 6.45) is 3.25. The predicted molar refractivity (Wildman–Crippen MR) is 115 cm³/mol. The third-order valence-electron chi connectivity index (χ3n) is 3.95. The Kier molecular flexibility index (Phi) is 6.08. The molecule has 0 saturated carbocycles. The first-order valence-corrected chi connectivity index (χ1v) is 9.94. The van der Waals surface area contributed by atoms with Crippen molar-refractivity contribution in [3.05, 3.63) is 69.0 Å². The molecule has 0 aliphatic rings. The number of aromatic nitrogens is 1. The minimum Gasteiger partial charge on any atom is -0.496 e. The molecule has 6 heteroatoms. The van der Waals surface area contributed by atoms with E-state index in [1.54, 1.807) is 13.2 Å². The smallest absolute Gasteiger partial charge is 0.250 e. The van der Waals surface area contributed by atoms with Crippen molar-refractivity contribution in [1.29, 1.82) is 0 Å². The van der Waals surface area contributed by atoms with Gasteiger partial charge in [0.2, 0.25) is 5.91 Å². The lowest BCUT2D eigenvalue weighted by Crippen LogP contribution is -2.07. The predicted octanol–water partition coefficient (Wildman–Crippen LogP) is 5.85. The summed E-state index contributed by atoms with van der Waals surface area (Å²) in [5.41, 5.74) is 4.05. The molecule has 2 aromatic carbocycles. The first-order chi connectivity index (χ1) is 13.0. The molecule has 0 bridgehead atoms. The molecule has 0 aliphatic carbocycles. The number of rotatable bonds is 5. The summed E-state index contributed by atoms with van der Waals surface area (Å²) in [6, 6.07) is 13.8. The van der Waals surface area contributed by atoms with Crippen molar-refractivity contribution in [2.24, 2.45) is 0 Å². The Morgan fingerprint density at radius 3 is 2.59 bits per heavy atom. The highest BCUT2D eigenvalue weighted by molar-refractivity contribution is 9.10. The third kappa shape index (κ3) is 4.84. The standard InChI is InChI=1S/C21H19BrN2O2S/c1-13-4-8-16(9-5-13)20-14(2)27-21(24-20)23-19(25)11-7-15-6-10-18(26-3)17(22)12-15/h4-12H,1-3H3,(H,23,24,25)/b11-7+. The van der Waals surface area contributed by atoms with Crippen LogP contribution in [0.25, 0.3) is 17.3 Å². The SMILES string of the molecule is COc1ccc(/C=C/C(=O)Nc2nc(-c3ccc(C)cc3)c(C)s2)cc1Br. The molecule has 0 saturated heterocycles. The Labute approximate surface area is 171 Å². The molecule has 3 rings (SSSR count). The Morgan fingerprint density at radius 2 is 1.93 bits per heavy atom. The van der Waals surface area contributed by atoms with E-state index in [2.05, 4.69) is 45.3 Å². The van der Waals surface area contributed by atoms with Gasteiger partial charge in [-0.15, -0.1) is 11.3 Å². The molecule has 1 N–H and O–H groups in total. The summed E-state index contributed by atoms with van der Waals surface area (Å²) >= 11 is 4.91. The van der Waals surface area contributed by atoms with Crippen molar-refractivity contribution in [3.8, 4) is 17.0 Å². The van der Waals surface area contributed by atoms with Crippen molar-refractivity contribution in [2.45, 2.75) is 13.8 Å². The van der Waals surface area contributed by atoms with Crippen LogP contribution in [0.15, 0.2) is 53.0 Å². The van der Waals surface area contributed by atoms with Crippen molar-refractivity contribution < 1.29 is 9.53 Å². The van der Waals surface area contributed by atoms with E-state index in [9.17, 15) is 4.79 Å². The highest BCUT2D eigenvalue weighted by Crippen LogP contribution is 2.30. The van der Waals surface area contributed by atoms with Gasteiger partial charge in [0, 0.05) is 16.5 Å². The van der Waals surface area contributed by atoms with Gasteiger partial charge in [-0.3, -0.25) is 10.1 Å². The number of nitrogens with zero attached hydrogens (tertiary/aromatic N) is 1. The molecule has 1 heterocycles. The molecule has 3 aromatic rings. The Hall–Kier alpha value is -2.44. The van der Waals surface area contributed by atoms with Crippen molar-refractivity contribution >= 4 is 44.4 Å². The molecule has 138 valence electrons. The maximum Gasteiger partial charge on any atom is 0.250 e. The molecule has 0 aliphatic heterocycles. The van der Waals surface area contributed by atoms with Crippen molar-refractivity contribution in [3.63, 3.8) is 0 Å². The van der Waals surface area contributed by atoms with Crippen molar-refractivity contribution in [1.82, 2.24) is 4.98 Å². The number of carbonyl (C=O) groups excluding carboxylic acids is 1. The number of benzene rings is 2. The number of amides is 1. The van der Waals surface area contributed by atoms with E-state index in [1.165, 1.54) is 23.0 Å². The summed E-state index contributed by atoms with van der Waals surface area (Å²) < 4.78 is 6.04. The van der Waals surface area contributed by atoms with Crippen molar-refractivity contribution in [2.75, 3.05) is 12.4 Å². The van der Waals surface area contributed by atoms with Crippen LogP contribution in [0.5, 0.6) is 5.75 Å². The summed E-state index contributed by atoms with van der Waals surface area (Å²) in [5.74, 6) is 0.532. The molecule has 0 spiro atoms. The van der Waals surface area contributed by atoms with E-state index in [-0.39, 0.29) is 5.91 Å². The van der Waals surface area contributed by atoms with Gasteiger partial charge in [-0.25, -0.2) is 4.98 Å². The lowest BCUT2D eigenvalue weighted by molar-refractivity contribution is -0.111. The largest absolute Gasteiger partial charge is 0.496 e.